The number of ether oxygens (including phenoxy) is 2. The van der Waals surface area contributed by atoms with Crippen LogP contribution in [0.5, 0.6) is 11.5 Å². The summed E-state index contributed by atoms with van der Waals surface area (Å²) in [5.74, 6) is 0.163. The van der Waals surface area contributed by atoms with Crippen molar-refractivity contribution in [1.29, 1.82) is 0 Å². The Kier molecular flexibility index (Phi) is 5.61. The summed E-state index contributed by atoms with van der Waals surface area (Å²) in [6.45, 7) is 0.206. The largest absolute Gasteiger partial charge is 0.493 e. The summed E-state index contributed by atoms with van der Waals surface area (Å²) >= 11 is 0. The Labute approximate surface area is 195 Å². The Morgan fingerprint density at radius 3 is 2.24 bits per heavy atom. The van der Waals surface area contributed by atoms with Gasteiger partial charge in [0.1, 0.15) is 6.61 Å². The van der Waals surface area contributed by atoms with E-state index in [-0.39, 0.29) is 47.8 Å². The Balaban J connectivity index is 1.27. The minimum absolute atomic E-state index is 0.0168. The molecule has 4 atom stereocenters. The molecule has 1 aliphatic heterocycles. The minimum atomic E-state index is -0.452. The summed E-state index contributed by atoms with van der Waals surface area (Å²) in [6.07, 6.45) is 7.52. The molecule has 0 unspecified atom stereocenters. The third-order valence-corrected chi connectivity index (χ3v) is 6.79. The number of fused-ring (bicyclic) bond motifs is 1. The van der Waals surface area contributed by atoms with E-state index in [0.717, 1.165) is 23.4 Å². The minimum Gasteiger partial charge on any atom is -0.493 e. The number of non-ortho nitro benzene ring substituents is 1. The zero-order chi connectivity index (χ0) is 23.8. The van der Waals surface area contributed by atoms with Crippen molar-refractivity contribution >= 4 is 23.7 Å². The molecule has 0 spiro atoms. The van der Waals surface area contributed by atoms with Crippen molar-refractivity contribution in [3.8, 4) is 11.5 Å². The summed E-state index contributed by atoms with van der Waals surface area (Å²) in [4.78, 5) is 36.1. The van der Waals surface area contributed by atoms with Crippen LogP contribution in [0.3, 0.4) is 0 Å². The Morgan fingerprint density at radius 2 is 1.68 bits per heavy atom. The van der Waals surface area contributed by atoms with Crippen molar-refractivity contribution in [2.45, 2.75) is 19.4 Å². The highest BCUT2D eigenvalue weighted by Gasteiger charge is 2.56. The van der Waals surface area contributed by atoms with E-state index in [2.05, 4.69) is 17.3 Å². The van der Waals surface area contributed by atoms with Gasteiger partial charge in [0, 0.05) is 12.1 Å². The van der Waals surface area contributed by atoms with Crippen molar-refractivity contribution in [3.05, 3.63) is 75.9 Å². The van der Waals surface area contributed by atoms with Crippen LogP contribution < -0.4 is 9.47 Å². The van der Waals surface area contributed by atoms with Crippen LogP contribution in [-0.4, -0.2) is 35.1 Å². The van der Waals surface area contributed by atoms with Crippen LogP contribution >= 0.6 is 0 Å². The maximum absolute atomic E-state index is 12.9. The quantitative estimate of drug-likeness (QED) is 0.204. The molecule has 1 saturated carbocycles. The fourth-order valence-electron chi connectivity index (χ4n) is 5.06. The molecule has 0 aromatic heterocycles. The van der Waals surface area contributed by atoms with Gasteiger partial charge in [-0.15, -0.1) is 0 Å². The van der Waals surface area contributed by atoms with Gasteiger partial charge < -0.3 is 9.47 Å². The SMILES string of the molecule is COc1cc(/C=N\N2C(=O)[C@@H]3[C@@H](C2=O)[C@H]2C=C[C@@H]3CC2)ccc1OCc1ccc([N+](=O)[O-])cc1. The molecule has 2 aromatic carbocycles. The van der Waals surface area contributed by atoms with Crippen LogP contribution in [0.1, 0.15) is 24.0 Å². The van der Waals surface area contributed by atoms with Gasteiger partial charge in [-0.25, -0.2) is 0 Å². The van der Waals surface area contributed by atoms with Gasteiger partial charge in [0.2, 0.25) is 0 Å². The van der Waals surface area contributed by atoms with Gasteiger partial charge in [-0.1, -0.05) is 12.2 Å². The van der Waals surface area contributed by atoms with Crippen LogP contribution in [0.25, 0.3) is 0 Å². The fraction of sp³-hybridized carbons (Fsp3) is 0.320. The fourth-order valence-corrected chi connectivity index (χ4v) is 5.06. The lowest BCUT2D eigenvalue weighted by Crippen LogP contribution is -2.38. The van der Waals surface area contributed by atoms with Crippen LogP contribution in [-0.2, 0) is 16.2 Å². The number of nitro groups is 1. The highest BCUT2D eigenvalue weighted by molar-refractivity contribution is 6.06. The predicted molar refractivity (Wildman–Crippen MR) is 122 cm³/mol. The Bertz CT molecular complexity index is 1170. The number of nitrogens with zero attached hydrogens (tertiary/aromatic N) is 3. The van der Waals surface area contributed by atoms with Crippen LogP contribution in [0.15, 0.2) is 59.7 Å². The molecule has 0 N–H and O–H groups in total. The summed E-state index contributed by atoms with van der Waals surface area (Å²) in [6, 6.07) is 11.3. The normalized spacial score (nSPS) is 25.1. The Hall–Kier alpha value is -4.01. The third-order valence-electron chi connectivity index (χ3n) is 6.79. The second kappa shape index (κ2) is 8.74. The van der Waals surface area contributed by atoms with E-state index in [1.165, 1.54) is 25.5 Å². The predicted octanol–water partition coefficient (Wildman–Crippen LogP) is 3.71. The summed E-state index contributed by atoms with van der Waals surface area (Å²) in [5, 5.41) is 16.0. The van der Waals surface area contributed by atoms with Crippen LogP contribution in [0.2, 0.25) is 0 Å². The first kappa shape index (κ1) is 21.8. The van der Waals surface area contributed by atoms with Gasteiger partial charge >= 0.3 is 0 Å². The zero-order valence-electron chi connectivity index (χ0n) is 18.5. The maximum atomic E-state index is 12.9. The Morgan fingerprint density at radius 1 is 1.03 bits per heavy atom. The van der Waals surface area contributed by atoms with Crippen molar-refractivity contribution in [2.24, 2.45) is 28.8 Å². The van der Waals surface area contributed by atoms with E-state index < -0.39 is 4.92 Å². The van der Waals surface area contributed by atoms with Gasteiger partial charge in [0.05, 0.1) is 30.1 Å². The van der Waals surface area contributed by atoms with Crippen molar-refractivity contribution in [2.75, 3.05) is 7.11 Å². The van der Waals surface area contributed by atoms with E-state index in [9.17, 15) is 19.7 Å². The van der Waals surface area contributed by atoms with Crippen molar-refractivity contribution in [3.63, 3.8) is 0 Å². The molecule has 9 nitrogen and oxygen atoms in total. The van der Waals surface area contributed by atoms with E-state index in [1.807, 2.05) is 0 Å². The van der Waals surface area contributed by atoms with Gasteiger partial charge in [-0.05, 0) is 66.1 Å². The second-order valence-electron chi connectivity index (χ2n) is 8.70. The van der Waals surface area contributed by atoms with Crippen molar-refractivity contribution in [1.82, 2.24) is 5.01 Å². The van der Waals surface area contributed by atoms with Gasteiger partial charge in [-0.2, -0.15) is 10.1 Å². The number of allylic oxidation sites excluding steroid dienone is 2. The number of hydrazone groups is 1. The number of amides is 2. The molecule has 9 heteroatoms. The molecule has 2 aromatic rings. The number of hydrogen-bond donors (Lipinski definition) is 0. The molecule has 174 valence electrons. The van der Waals surface area contributed by atoms with E-state index >= 15 is 0 Å². The molecule has 2 amide bonds. The standard InChI is InChI=1S/C25H23N3O6/c1-33-21-12-16(4-11-20(21)34-14-15-2-9-19(10-3-15)28(31)32)13-26-27-24(29)22-17-5-6-18(8-7-17)23(22)25(27)30/h2-6,9-13,17-18,22-23H,7-8,14H2,1H3/b26-13-/t17-,18+,22-,23-/m0/s1. The zero-order valence-corrected chi connectivity index (χ0v) is 18.5. The molecule has 34 heavy (non-hydrogen) atoms. The highest BCUT2D eigenvalue weighted by Crippen LogP contribution is 2.49. The molecule has 1 heterocycles. The molecular weight excluding hydrogens is 438 g/mol. The lowest BCUT2D eigenvalue weighted by atomic mass is 9.63. The number of imide groups is 1. The first-order chi connectivity index (χ1) is 16.5. The molecule has 2 fully saturated rings. The van der Waals surface area contributed by atoms with E-state index in [4.69, 9.17) is 9.47 Å². The number of benzene rings is 2. The summed E-state index contributed by atoms with van der Waals surface area (Å²) in [5.41, 5.74) is 1.44. The molecule has 1 saturated heterocycles. The van der Waals surface area contributed by atoms with Gasteiger partial charge in [0.25, 0.3) is 17.5 Å². The summed E-state index contributed by atoms with van der Waals surface area (Å²) < 4.78 is 11.2. The molecule has 3 aliphatic carbocycles. The maximum Gasteiger partial charge on any atom is 0.269 e. The first-order valence-electron chi connectivity index (χ1n) is 11.1. The number of hydrogen-bond acceptors (Lipinski definition) is 7. The topological polar surface area (TPSA) is 111 Å². The average Bonchev–Trinajstić information content (AvgIpc) is 3.14. The molecule has 6 rings (SSSR count). The third kappa shape index (κ3) is 3.83. The van der Waals surface area contributed by atoms with Crippen molar-refractivity contribution < 1.29 is 24.0 Å². The van der Waals surface area contributed by atoms with E-state index in [1.54, 1.807) is 30.3 Å². The van der Waals surface area contributed by atoms with Gasteiger partial charge in [0.15, 0.2) is 11.5 Å². The monoisotopic (exact) mass is 461 g/mol. The lowest BCUT2D eigenvalue weighted by Gasteiger charge is -2.37. The number of carbonyl (C=O) groups excluding carboxylic acids is 2. The van der Waals surface area contributed by atoms with Gasteiger partial charge in [-0.3, -0.25) is 19.7 Å². The number of nitro benzene ring substituents is 1. The molecule has 2 bridgehead atoms. The number of rotatable bonds is 7. The van der Waals surface area contributed by atoms with E-state index in [0.29, 0.717) is 17.1 Å². The highest BCUT2D eigenvalue weighted by atomic mass is 16.6. The first-order valence-corrected chi connectivity index (χ1v) is 11.1. The molecule has 0 radical (unpaired) electrons. The number of methoxy groups -OCH3 is 1. The lowest BCUT2D eigenvalue weighted by molar-refractivity contribution is -0.384. The molecule has 4 aliphatic rings. The average molecular weight is 461 g/mol. The smallest absolute Gasteiger partial charge is 0.269 e. The molecular formula is C25H23N3O6. The summed E-state index contributed by atoms with van der Waals surface area (Å²) in [7, 11) is 1.51. The second-order valence-corrected chi connectivity index (χ2v) is 8.70. The van der Waals surface area contributed by atoms with Crippen LogP contribution in [0, 0.1) is 33.8 Å². The number of carbonyl (C=O) groups is 2. The van der Waals surface area contributed by atoms with Crippen LogP contribution in [0.4, 0.5) is 5.69 Å².